The van der Waals surface area contributed by atoms with Crippen LogP contribution in [0.2, 0.25) is 0 Å². The molecular weight excluding hydrogens is 758 g/mol. The van der Waals surface area contributed by atoms with Crippen LogP contribution in [-0.2, 0) is 27.9 Å². The normalized spacial score (nSPS) is 14.1. The van der Waals surface area contributed by atoms with E-state index < -0.39 is 13.9 Å². The maximum atomic E-state index is 12.7. The molecule has 0 amide bonds. The molecular formula is C50H95NO7P+. The van der Waals surface area contributed by atoms with Gasteiger partial charge in [-0.25, -0.2) is 4.57 Å². The van der Waals surface area contributed by atoms with E-state index in [0.717, 1.165) is 51.4 Å². The van der Waals surface area contributed by atoms with Crippen molar-refractivity contribution < 1.29 is 37.3 Å². The van der Waals surface area contributed by atoms with E-state index in [-0.39, 0.29) is 32.2 Å². The van der Waals surface area contributed by atoms with Crippen LogP contribution >= 0.6 is 7.82 Å². The molecule has 0 aliphatic heterocycles. The number of phosphoric acid groups is 1. The third-order valence-corrected chi connectivity index (χ3v) is 11.4. The van der Waals surface area contributed by atoms with Gasteiger partial charge in [0.15, 0.2) is 0 Å². The minimum absolute atomic E-state index is 0.0804. The summed E-state index contributed by atoms with van der Waals surface area (Å²) in [4.78, 5) is 22.9. The van der Waals surface area contributed by atoms with Gasteiger partial charge in [0.25, 0.3) is 0 Å². The molecule has 0 saturated carbocycles. The van der Waals surface area contributed by atoms with Gasteiger partial charge in [0, 0.05) is 13.0 Å². The smallest absolute Gasteiger partial charge is 0.457 e. The molecule has 1 N–H and O–H groups in total. The quantitative estimate of drug-likeness (QED) is 0.0214. The standard InChI is InChI=1S/C50H94NO7P/c1-6-8-10-12-14-16-18-20-22-23-24-25-26-27-28-30-32-34-36-38-40-42-45-55-47-49(48-57-59(53,54)56-46-44-51(3,4)5)58-50(52)43-41-39-37-35-33-31-29-21-19-17-15-13-11-9-7-2/h9,11,15,17,21,29,33,35,49H,6-8,10,12-14,16,18-20,22-28,30-32,34,36-48H2,1-5H3/p+1/b11-9-,17-15-,29-21-,35-33-. The van der Waals surface area contributed by atoms with Crippen molar-refractivity contribution in [1.82, 2.24) is 0 Å². The molecule has 59 heavy (non-hydrogen) atoms. The lowest BCUT2D eigenvalue weighted by Crippen LogP contribution is -2.37. The summed E-state index contributed by atoms with van der Waals surface area (Å²) in [5, 5.41) is 0. The van der Waals surface area contributed by atoms with Gasteiger partial charge in [-0.15, -0.1) is 0 Å². The first-order chi connectivity index (χ1) is 28.6. The first-order valence-corrected chi connectivity index (χ1v) is 25.9. The van der Waals surface area contributed by atoms with E-state index in [1.807, 2.05) is 21.1 Å². The number of likely N-dealkylation sites (N-methyl/N-ethyl adjacent to an activating group) is 1. The van der Waals surface area contributed by atoms with Crippen molar-refractivity contribution in [2.24, 2.45) is 0 Å². The second kappa shape index (κ2) is 43.1. The maximum absolute atomic E-state index is 12.7. The van der Waals surface area contributed by atoms with Gasteiger partial charge >= 0.3 is 13.8 Å². The second-order valence-corrected chi connectivity index (χ2v) is 18.9. The Balaban J connectivity index is 4.16. The number of unbranched alkanes of at least 4 members (excludes halogenated alkanes) is 23. The zero-order chi connectivity index (χ0) is 43.4. The number of ether oxygens (including phenoxy) is 2. The molecule has 0 aromatic carbocycles. The SMILES string of the molecule is CC/C=C\C/C=C\C/C=C\C/C=C\CCCCC(=O)OC(COCCCCCCCCCCCCCCCCCCCCCCCC)COP(=O)(O)OCC[N+](C)(C)C. The molecule has 0 aromatic heterocycles. The molecule has 0 radical (unpaired) electrons. The fourth-order valence-electron chi connectivity index (χ4n) is 6.66. The molecule has 0 spiro atoms. The highest BCUT2D eigenvalue weighted by molar-refractivity contribution is 7.47. The Morgan fingerprint density at radius 2 is 0.983 bits per heavy atom. The molecule has 0 bridgehead atoms. The van der Waals surface area contributed by atoms with Gasteiger partial charge in [-0.2, -0.15) is 0 Å². The van der Waals surface area contributed by atoms with Crippen molar-refractivity contribution in [3.05, 3.63) is 48.6 Å². The minimum atomic E-state index is -4.29. The molecule has 0 heterocycles. The van der Waals surface area contributed by atoms with E-state index >= 15 is 0 Å². The van der Waals surface area contributed by atoms with Crippen molar-refractivity contribution in [3.8, 4) is 0 Å². The Bertz CT molecular complexity index is 1080. The maximum Gasteiger partial charge on any atom is 0.472 e. The predicted octanol–water partition coefficient (Wildman–Crippen LogP) is 14.7. The number of hydrogen-bond acceptors (Lipinski definition) is 6. The summed E-state index contributed by atoms with van der Waals surface area (Å²) in [7, 11) is 1.64. The molecule has 0 aliphatic rings. The third kappa shape index (κ3) is 47.4. The number of esters is 1. The van der Waals surface area contributed by atoms with Gasteiger partial charge in [0.2, 0.25) is 0 Å². The van der Waals surface area contributed by atoms with Crippen molar-refractivity contribution in [2.75, 3.05) is 54.1 Å². The molecule has 9 heteroatoms. The number of quaternary nitrogens is 1. The van der Waals surface area contributed by atoms with Crippen LogP contribution in [0.1, 0.15) is 206 Å². The summed E-state index contributed by atoms with van der Waals surface area (Å²) in [6.45, 7) is 5.48. The molecule has 0 fully saturated rings. The third-order valence-electron chi connectivity index (χ3n) is 10.4. The van der Waals surface area contributed by atoms with E-state index in [0.29, 0.717) is 24.1 Å². The summed E-state index contributed by atoms with van der Waals surface area (Å²) in [5.74, 6) is -0.351. The van der Waals surface area contributed by atoms with E-state index in [9.17, 15) is 14.3 Å². The van der Waals surface area contributed by atoms with Gasteiger partial charge < -0.3 is 18.9 Å². The van der Waals surface area contributed by atoms with Gasteiger partial charge in [0.1, 0.15) is 19.3 Å². The lowest BCUT2D eigenvalue weighted by atomic mass is 10.0. The first-order valence-electron chi connectivity index (χ1n) is 24.4. The number of carbonyl (C=O) groups excluding carboxylic acids is 1. The zero-order valence-corrected chi connectivity index (χ0v) is 40.1. The second-order valence-electron chi connectivity index (χ2n) is 17.5. The Hall–Kier alpha value is -1.54. The number of rotatable bonds is 45. The number of allylic oxidation sites excluding steroid dienone is 8. The molecule has 0 rings (SSSR count). The molecule has 8 nitrogen and oxygen atoms in total. The number of hydrogen-bond donors (Lipinski definition) is 1. The number of nitrogens with zero attached hydrogens (tertiary/aromatic N) is 1. The van der Waals surface area contributed by atoms with Crippen LogP contribution in [0.4, 0.5) is 0 Å². The summed E-state index contributed by atoms with van der Waals surface area (Å²) >= 11 is 0. The van der Waals surface area contributed by atoms with Crippen molar-refractivity contribution >= 4 is 13.8 Å². The van der Waals surface area contributed by atoms with Crippen LogP contribution in [0.25, 0.3) is 0 Å². The zero-order valence-electron chi connectivity index (χ0n) is 39.2. The van der Waals surface area contributed by atoms with Crippen molar-refractivity contribution in [1.29, 1.82) is 0 Å². The average Bonchev–Trinajstić information content (AvgIpc) is 3.19. The van der Waals surface area contributed by atoms with Crippen molar-refractivity contribution in [3.63, 3.8) is 0 Å². The number of carbonyl (C=O) groups is 1. The summed E-state index contributed by atoms with van der Waals surface area (Å²) < 4.78 is 35.0. The van der Waals surface area contributed by atoms with E-state index in [1.165, 1.54) is 128 Å². The van der Waals surface area contributed by atoms with Gasteiger partial charge in [0.05, 0.1) is 34.4 Å². The minimum Gasteiger partial charge on any atom is -0.457 e. The Morgan fingerprint density at radius 1 is 0.542 bits per heavy atom. The largest absolute Gasteiger partial charge is 0.472 e. The van der Waals surface area contributed by atoms with E-state index in [4.69, 9.17) is 18.5 Å². The van der Waals surface area contributed by atoms with E-state index in [2.05, 4.69) is 62.5 Å². The average molecular weight is 853 g/mol. The van der Waals surface area contributed by atoms with Crippen molar-refractivity contribution in [2.45, 2.75) is 213 Å². The van der Waals surface area contributed by atoms with Gasteiger partial charge in [-0.1, -0.05) is 197 Å². The lowest BCUT2D eigenvalue weighted by molar-refractivity contribution is -0.870. The molecule has 0 aliphatic carbocycles. The van der Waals surface area contributed by atoms with Crippen LogP contribution in [0.5, 0.6) is 0 Å². The van der Waals surface area contributed by atoms with Crippen LogP contribution in [0.3, 0.4) is 0 Å². The van der Waals surface area contributed by atoms with Gasteiger partial charge in [-0.3, -0.25) is 13.8 Å². The van der Waals surface area contributed by atoms with Crippen LogP contribution < -0.4 is 0 Å². The molecule has 2 unspecified atom stereocenters. The fraction of sp³-hybridized carbons (Fsp3) is 0.820. The highest BCUT2D eigenvalue weighted by Gasteiger charge is 2.26. The molecule has 0 aromatic rings. The predicted molar refractivity (Wildman–Crippen MR) is 252 cm³/mol. The van der Waals surface area contributed by atoms with E-state index in [1.54, 1.807) is 0 Å². The first kappa shape index (κ1) is 57.5. The highest BCUT2D eigenvalue weighted by Crippen LogP contribution is 2.43. The Labute approximate surface area is 365 Å². The van der Waals surface area contributed by atoms with Crippen LogP contribution in [0.15, 0.2) is 48.6 Å². The lowest BCUT2D eigenvalue weighted by Gasteiger charge is -2.24. The monoisotopic (exact) mass is 853 g/mol. The highest BCUT2D eigenvalue weighted by atomic mass is 31.2. The van der Waals surface area contributed by atoms with Gasteiger partial charge in [-0.05, 0) is 51.4 Å². The number of phosphoric ester groups is 1. The topological polar surface area (TPSA) is 91.3 Å². The summed E-state index contributed by atoms with van der Waals surface area (Å²) in [6.07, 6.45) is 53.1. The molecule has 2 atom stereocenters. The summed E-state index contributed by atoms with van der Waals surface area (Å²) in [5.41, 5.74) is 0. The fourth-order valence-corrected chi connectivity index (χ4v) is 7.40. The summed E-state index contributed by atoms with van der Waals surface area (Å²) in [6, 6.07) is 0. The molecule has 0 saturated heterocycles. The van der Waals surface area contributed by atoms with Crippen LogP contribution in [0, 0.1) is 0 Å². The Morgan fingerprint density at radius 3 is 1.44 bits per heavy atom. The molecule has 346 valence electrons. The Kier molecular flexibility index (Phi) is 42.0. The van der Waals surface area contributed by atoms with Crippen LogP contribution in [-0.4, -0.2) is 75.6 Å².